The molecule has 1 aliphatic heterocycles. The minimum Gasteiger partial charge on any atom is -0.463 e. The number of ether oxygens (including phenoxy) is 3. The van der Waals surface area contributed by atoms with Crippen molar-refractivity contribution in [3.05, 3.63) is 17.6 Å². The van der Waals surface area contributed by atoms with Gasteiger partial charge in [-0.2, -0.15) is 0 Å². The number of furan rings is 1. The second kappa shape index (κ2) is 7.69. The maximum Gasteiger partial charge on any atom is 0.375 e. The smallest absolute Gasteiger partial charge is 0.375 e. The van der Waals surface area contributed by atoms with Crippen LogP contribution in [0, 0.1) is 12.8 Å². The molecule has 122 valence electrons. The zero-order valence-electron chi connectivity index (χ0n) is 12.9. The molecule has 0 saturated carbocycles. The molecule has 0 unspecified atom stereocenters. The van der Waals surface area contributed by atoms with E-state index in [1.807, 2.05) is 6.26 Å². The summed E-state index contributed by atoms with van der Waals surface area (Å²) in [6, 6.07) is 1.62. The number of carbonyl (C=O) groups is 2. The van der Waals surface area contributed by atoms with E-state index in [4.69, 9.17) is 18.6 Å². The van der Waals surface area contributed by atoms with Gasteiger partial charge in [-0.05, 0) is 26.5 Å². The Morgan fingerprint density at radius 2 is 2.27 bits per heavy atom. The zero-order valence-corrected chi connectivity index (χ0v) is 13.7. The molecule has 1 aromatic heterocycles. The molecule has 2 heterocycles. The van der Waals surface area contributed by atoms with Crippen LogP contribution in [-0.2, 0) is 19.0 Å². The molecule has 0 aromatic carbocycles. The number of thioether (sulfide) groups is 1. The van der Waals surface area contributed by atoms with E-state index < -0.39 is 18.0 Å². The Labute approximate surface area is 133 Å². The first kappa shape index (κ1) is 16.9. The topological polar surface area (TPSA) is 75.0 Å². The molecule has 0 amide bonds. The van der Waals surface area contributed by atoms with E-state index in [0.29, 0.717) is 25.4 Å². The molecule has 1 fully saturated rings. The van der Waals surface area contributed by atoms with Gasteiger partial charge in [0.25, 0.3) is 0 Å². The van der Waals surface area contributed by atoms with E-state index >= 15 is 0 Å². The Balaban J connectivity index is 2.10. The molecule has 1 aliphatic rings. The SMILES string of the molecule is CCOC(=O)[C@H](OC(=O)c1cc(SC)c(C)o1)[C@H]1CCOC1. The van der Waals surface area contributed by atoms with E-state index in [9.17, 15) is 9.59 Å². The van der Waals surface area contributed by atoms with Crippen molar-refractivity contribution in [2.45, 2.75) is 31.3 Å². The number of rotatable bonds is 6. The van der Waals surface area contributed by atoms with Gasteiger partial charge in [0.15, 0.2) is 0 Å². The maximum absolute atomic E-state index is 12.2. The van der Waals surface area contributed by atoms with Gasteiger partial charge in [-0.25, -0.2) is 9.59 Å². The molecule has 0 bridgehead atoms. The number of carbonyl (C=O) groups excluding carboxylic acids is 2. The van der Waals surface area contributed by atoms with E-state index in [1.165, 1.54) is 11.8 Å². The summed E-state index contributed by atoms with van der Waals surface area (Å²) in [5.41, 5.74) is 0. The molecule has 6 nitrogen and oxygen atoms in total. The zero-order chi connectivity index (χ0) is 16.1. The van der Waals surface area contributed by atoms with Crippen molar-refractivity contribution in [2.75, 3.05) is 26.1 Å². The molecule has 2 atom stereocenters. The summed E-state index contributed by atoms with van der Waals surface area (Å²) in [6.07, 6.45) is 1.59. The third-order valence-corrected chi connectivity index (χ3v) is 4.28. The average molecular weight is 328 g/mol. The Kier molecular flexibility index (Phi) is 5.90. The fourth-order valence-corrected chi connectivity index (χ4v) is 2.85. The molecular formula is C15H20O6S. The van der Waals surface area contributed by atoms with Gasteiger partial charge in [0, 0.05) is 23.5 Å². The number of hydrogen-bond donors (Lipinski definition) is 0. The fraction of sp³-hybridized carbons (Fsp3) is 0.600. The lowest BCUT2D eigenvalue weighted by Crippen LogP contribution is -2.36. The monoisotopic (exact) mass is 328 g/mol. The first-order chi connectivity index (χ1) is 10.6. The van der Waals surface area contributed by atoms with Crippen LogP contribution in [0.3, 0.4) is 0 Å². The van der Waals surface area contributed by atoms with Crippen molar-refractivity contribution in [2.24, 2.45) is 5.92 Å². The Hall–Kier alpha value is -1.47. The largest absolute Gasteiger partial charge is 0.463 e. The second-order valence-electron chi connectivity index (χ2n) is 4.94. The molecule has 7 heteroatoms. The summed E-state index contributed by atoms with van der Waals surface area (Å²) in [6.45, 7) is 4.65. The van der Waals surface area contributed by atoms with Crippen LogP contribution in [0.4, 0.5) is 0 Å². The van der Waals surface area contributed by atoms with Crippen molar-refractivity contribution >= 4 is 23.7 Å². The minimum atomic E-state index is -0.960. The van der Waals surface area contributed by atoms with Crippen molar-refractivity contribution in [3.8, 4) is 0 Å². The van der Waals surface area contributed by atoms with Gasteiger partial charge in [0.05, 0.1) is 13.2 Å². The summed E-state index contributed by atoms with van der Waals surface area (Å²) in [5, 5.41) is 0. The minimum absolute atomic E-state index is 0.0927. The van der Waals surface area contributed by atoms with Crippen LogP contribution in [-0.4, -0.2) is 44.1 Å². The standard InChI is InChI=1S/C15H20O6S/c1-4-19-15(17)13(10-5-6-18-8-10)21-14(16)11-7-12(22-3)9(2)20-11/h7,10,13H,4-6,8H2,1-3H3/t10-,13+/m0/s1. The van der Waals surface area contributed by atoms with Gasteiger partial charge in [0.1, 0.15) is 5.76 Å². The van der Waals surface area contributed by atoms with E-state index in [0.717, 1.165) is 4.90 Å². The van der Waals surface area contributed by atoms with Crippen molar-refractivity contribution in [1.82, 2.24) is 0 Å². The Bertz CT molecular complexity index is 532. The summed E-state index contributed by atoms with van der Waals surface area (Å²) < 4.78 is 21.0. The highest BCUT2D eigenvalue weighted by Gasteiger charge is 2.36. The number of aryl methyl sites for hydroxylation is 1. The van der Waals surface area contributed by atoms with Crippen LogP contribution in [0.1, 0.15) is 29.7 Å². The molecule has 1 aromatic rings. The highest BCUT2D eigenvalue weighted by atomic mass is 32.2. The average Bonchev–Trinajstić information content (AvgIpc) is 3.13. The quantitative estimate of drug-likeness (QED) is 0.586. The van der Waals surface area contributed by atoms with Crippen LogP contribution in [0.5, 0.6) is 0 Å². The molecule has 22 heavy (non-hydrogen) atoms. The van der Waals surface area contributed by atoms with Gasteiger partial charge >= 0.3 is 11.9 Å². The van der Waals surface area contributed by atoms with Crippen molar-refractivity contribution in [1.29, 1.82) is 0 Å². The highest BCUT2D eigenvalue weighted by Crippen LogP contribution is 2.26. The first-order valence-corrected chi connectivity index (χ1v) is 8.39. The van der Waals surface area contributed by atoms with Crippen LogP contribution in [0.2, 0.25) is 0 Å². The normalized spacial score (nSPS) is 19.0. The summed E-state index contributed by atoms with van der Waals surface area (Å²) in [7, 11) is 0. The van der Waals surface area contributed by atoms with E-state index in [2.05, 4.69) is 0 Å². The Morgan fingerprint density at radius 1 is 1.50 bits per heavy atom. The fourth-order valence-electron chi connectivity index (χ4n) is 2.29. The van der Waals surface area contributed by atoms with Crippen LogP contribution < -0.4 is 0 Å². The second-order valence-corrected chi connectivity index (χ2v) is 5.78. The van der Waals surface area contributed by atoms with Crippen molar-refractivity contribution in [3.63, 3.8) is 0 Å². The summed E-state index contributed by atoms with van der Waals surface area (Å²) in [5.74, 6) is -0.640. The van der Waals surface area contributed by atoms with Crippen LogP contribution in [0.15, 0.2) is 15.4 Å². The lowest BCUT2D eigenvalue weighted by atomic mass is 10.0. The predicted octanol–water partition coefficient (Wildman–Crippen LogP) is 2.43. The van der Waals surface area contributed by atoms with E-state index in [-0.39, 0.29) is 18.3 Å². The Morgan fingerprint density at radius 3 is 2.82 bits per heavy atom. The highest BCUT2D eigenvalue weighted by molar-refractivity contribution is 7.98. The molecule has 2 rings (SSSR count). The van der Waals surface area contributed by atoms with Gasteiger partial charge in [-0.15, -0.1) is 11.8 Å². The third kappa shape index (κ3) is 3.84. The first-order valence-electron chi connectivity index (χ1n) is 7.16. The lowest BCUT2D eigenvalue weighted by molar-refractivity contribution is -0.156. The van der Waals surface area contributed by atoms with E-state index in [1.54, 1.807) is 19.9 Å². The van der Waals surface area contributed by atoms with Gasteiger partial charge in [0.2, 0.25) is 11.9 Å². The lowest BCUT2D eigenvalue weighted by Gasteiger charge is -2.20. The molecule has 0 aliphatic carbocycles. The number of hydrogen-bond acceptors (Lipinski definition) is 7. The molecule has 0 radical (unpaired) electrons. The van der Waals surface area contributed by atoms with Crippen LogP contribution in [0.25, 0.3) is 0 Å². The third-order valence-electron chi connectivity index (χ3n) is 3.44. The maximum atomic E-state index is 12.2. The van der Waals surface area contributed by atoms with Crippen LogP contribution >= 0.6 is 11.8 Å². The van der Waals surface area contributed by atoms with Crippen molar-refractivity contribution < 1.29 is 28.2 Å². The number of esters is 2. The summed E-state index contributed by atoms with van der Waals surface area (Å²) in [4.78, 5) is 25.1. The molecular weight excluding hydrogens is 308 g/mol. The predicted molar refractivity (Wildman–Crippen MR) is 80.0 cm³/mol. The summed E-state index contributed by atoms with van der Waals surface area (Å²) >= 11 is 1.48. The van der Waals surface area contributed by atoms with Gasteiger partial charge in [-0.1, -0.05) is 0 Å². The van der Waals surface area contributed by atoms with Gasteiger partial charge < -0.3 is 18.6 Å². The molecule has 0 spiro atoms. The van der Waals surface area contributed by atoms with Gasteiger partial charge in [-0.3, -0.25) is 0 Å². The molecule has 0 N–H and O–H groups in total. The molecule has 1 saturated heterocycles.